The lowest BCUT2D eigenvalue weighted by Crippen LogP contribution is -1.90. The van der Waals surface area contributed by atoms with Crippen molar-refractivity contribution in [1.82, 2.24) is 19.6 Å². The molecule has 2 aromatic heterocycles. The van der Waals surface area contributed by atoms with Crippen LogP contribution >= 0.6 is 11.6 Å². The van der Waals surface area contributed by atoms with Gasteiger partial charge in [-0.25, -0.2) is 0 Å². The van der Waals surface area contributed by atoms with Crippen LogP contribution in [0.25, 0.3) is 5.65 Å². The van der Waals surface area contributed by atoms with Crippen molar-refractivity contribution >= 4 is 17.2 Å². The number of hydrogen-bond donors (Lipinski definition) is 0. The van der Waals surface area contributed by atoms with Gasteiger partial charge in [-0.05, 0) is 0 Å². The molecule has 2 aromatic rings. The molecule has 5 heteroatoms. The van der Waals surface area contributed by atoms with E-state index in [0.29, 0.717) is 5.88 Å². The van der Waals surface area contributed by atoms with E-state index in [0.717, 1.165) is 11.5 Å². The standard InChI is InChI=1S/C6H5ClN4/c7-3-5-9-10-6-4-8-1-2-11(5)6/h1-2,4H,3H2. The first kappa shape index (κ1) is 6.54. The van der Waals surface area contributed by atoms with E-state index >= 15 is 0 Å². The molecule has 56 valence electrons. The number of aromatic nitrogens is 4. The Morgan fingerprint density at radius 2 is 2.36 bits per heavy atom. The molecular weight excluding hydrogens is 164 g/mol. The highest BCUT2D eigenvalue weighted by atomic mass is 35.5. The summed E-state index contributed by atoms with van der Waals surface area (Å²) in [7, 11) is 0. The number of hydrogen-bond acceptors (Lipinski definition) is 3. The lowest BCUT2D eigenvalue weighted by Gasteiger charge is -1.91. The molecule has 0 radical (unpaired) electrons. The number of halogens is 1. The Morgan fingerprint density at radius 3 is 3.18 bits per heavy atom. The Hall–Kier alpha value is -1.16. The van der Waals surface area contributed by atoms with Crippen molar-refractivity contribution in [3.05, 3.63) is 24.4 Å². The average molecular weight is 169 g/mol. The topological polar surface area (TPSA) is 43.1 Å². The summed E-state index contributed by atoms with van der Waals surface area (Å²) in [6, 6.07) is 0. The van der Waals surface area contributed by atoms with Crippen molar-refractivity contribution in [3.63, 3.8) is 0 Å². The molecule has 0 saturated carbocycles. The van der Waals surface area contributed by atoms with Crippen LogP contribution in [0.1, 0.15) is 5.82 Å². The van der Waals surface area contributed by atoms with Crippen LogP contribution in [0.4, 0.5) is 0 Å². The second kappa shape index (κ2) is 2.47. The Morgan fingerprint density at radius 1 is 1.45 bits per heavy atom. The second-order valence-corrected chi connectivity index (χ2v) is 2.32. The molecule has 11 heavy (non-hydrogen) atoms. The van der Waals surface area contributed by atoms with Crippen LogP contribution < -0.4 is 0 Å². The highest BCUT2D eigenvalue weighted by molar-refractivity contribution is 6.16. The number of alkyl halides is 1. The van der Waals surface area contributed by atoms with Crippen molar-refractivity contribution in [2.45, 2.75) is 5.88 Å². The molecule has 0 atom stereocenters. The van der Waals surface area contributed by atoms with Crippen LogP contribution in [-0.4, -0.2) is 19.6 Å². The summed E-state index contributed by atoms with van der Waals surface area (Å²) >= 11 is 5.60. The van der Waals surface area contributed by atoms with Crippen molar-refractivity contribution in [2.75, 3.05) is 0 Å². The first-order chi connectivity index (χ1) is 5.42. The second-order valence-electron chi connectivity index (χ2n) is 2.05. The Labute approximate surface area is 67.8 Å². The van der Waals surface area contributed by atoms with Gasteiger partial charge in [-0.3, -0.25) is 9.38 Å². The van der Waals surface area contributed by atoms with Gasteiger partial charge in [0.25, 0.3) is 0 Å². The van der Waals surface area contributed by atoms with E-state index < -0.39 is 0 Å². The van der Waals surface area contributed by atoms with E-state index in [1.165, 1.54) is 0 Å². The third kappa shape index (κ3) is 0.952. The molecular formula is C6H5ClN4. The first-order valence-corrected chi connectivity index (χ1v) is 3.65. The minimum absolute atomic E-state index is 0.366. The normalized spacial score (nSPS) is 10.6. The Balaban J connectivity index is 2.76. The lowest BCUT2D eigenvalue weighted by molar-refractivity contribution is 0.982. The van der Waals surface area contributed by atoms with E-state index in [1.54, 1.807) is 23.0 Å². The van der Waals surface area contributed by atoms with Crippen molar-refractivity contribution in [1.29, 1.82) is 0 Å². The van der Waals surface area contributed by atoms with E-state index in [-0.39, 0.29) is 0 Å². The zero-order valence-corrected chi connectivity index (χ0v) is 6.36. The lowest BCUT2D eigenvalue weighted by atomic mass is 10.6. The fourth-order valence-electron chi connectivity index (χ4n) is 0.894. The van der Waals surface area contributed by atoms with E-state index in [4.69, 9.17) is 11.6 Å². The highest BCUT2D eigenvalue weighted by Crippen LogP contribution is 2.02. The summed E-state index contributed by atoms with van der Waals surface area (Å²) < 4.78 is 1.81. The van der Waals surface area contributed by atoms with Gasteiger partial charge in [0, 0.05) is 12.4 Å². The van der Waals surface area contributed by atoms with E-state index in [2.05, 4.69) is 15.2 Å². The molecule has 0 aliphatic heterocycles. The molecule has 0 saturated heterocycles. The minimum Gasteiger partial charge on any atom is -0.283 e. The number of rotatable bonds is 1. The molecule has 0 aromatic carbocycles. The summed E-state index contributed by atoms with van der Waals surface area (Å²) in [6.07, 6.45) is 5.10. The molecule has 0 N–H and O–H groups in total. The van der Waals surface area contributed by atoms with Gasteiger partial charge in [0.15, 0.2) is 11.5 Å². The van der Waals surface area contributed by atoms with Gasteiger partial charge in [0.05, 0.1) is 12.1 Å². The zero-order valence-electron chi connectivity index (χ0n) is 5.61. The molecule has 0 spiro atoms. The summed E-state index contributed by atoms with van der Waals surface area (Å²) in [6.45, 7) is 0. The van der Waals surface area contributed by atoms with Crippen LogP contribution in [0.15, 0.2) is 18.6 Å². The molecule has 4 nitrogen and oxygen atoms in total. The molecule has 0 aliphatic rings. The van der Waals surface area contributed by atoms with Gasteiger partial charge in [-0.1, -0.05) is 0 Å². The summed E-state index contributed by atoms with van der Waals surface area (Å²) in [5, 5.41) is 7.71. The predicted octanol–water partition coefficient (Wildman–Crippen LogP) is 0.863. The average Bonchev–Trinajstić information content (AvgIpc) is 2.47. The molecule has 0 bridgehead atoms. The third-order valence-electron chi connectivity index (χ3n) is 1.40. The van der Waals surface area contributed by atoms with Gasteiger partial charge < -0.3 is 0 Å². The molecule has 0 fully saturated rings. The first-order valence-electron chi connectivity index (χ1n) is 3.11. The Bertz CT molecular complexity index is 369. The maximum atomic E-state index is 5.60. The van der Waals surface area contributed by atoms with Crippen molar-refractivity contribution in [3.8, 4) is 0 Å². The smallest absolute Gasteiger partial charge is 0.179 e. The largest absolute Gasteiger partial charge is 0.283 e. The maximum Gasteiger partial charge on any atom is 0.179 e. The SMILES string of the molecule is ClCc1nnc2cnccn12. The van der Waals surface area contributed by atoms with Gasteiger partial charge in [-0.2, -0.15) is 0 Å². The Kier molecular flexibility index (Phi) is 1.47. The van der Waals surface area contributed by atoms with Crippen LogP contribution in [-0.2, 0) is 5.88 Å². The van der Waals surface area contributed by atoms with Crippen LogP contribution in [0, 0.1) is 0 Å². The quantitative estimate of drug-likeness (QED) is 0.594. The fraction of sp³-hybridized carbons (Fsp3) is 0.167. The third-order valence-corrected chi connectivity index (χ3v) is 1.64. The van der Waals surface area contributed by atoms with Crippen molar-refractivity contribution in [2.24, 2.45) is 0 Å². The number of fused-ring (bicyclic) bond motifs is 1. The monoisotopic (exact) mass is 168 g/mol. The van der Waals surface area contributed by atoms with Gasteiger partial charge in [-0.15, -0.1) is 21.8 Å². The van der Waals surface area contributed by atoms with Gasteiger partial charge in [0.2, 0.25) is 0 Å². The van der Waals surface area contributed by atoms with E-state index in [9.17, 15) is 0 Å². The van der Waals surface area contributed by atoms with Gasteiger partial charge in [0.1, 0.15) is 0 Å². The van der Waals surface area contributed by atoms with Crippen molar-refractivity contribution < 1.29 is 0 Å². The summed E-state index contributed by atoms with van der Waals surface area (Å²) in [4.78, 5) is 3.89. The zero-order chi connectivity index (χ0) is 7.68. The van der Waals surface area contributed by atoms with E-state index in [1.807, 2.05) is 0 Å². The predicted molar refractivity (Wildman–Crippen MR) is 40.3 cm³/mol. The molecule has 0 amide bonds. The number of nitrogens with zero attached hydrogens (tertiary/aromatic N) is 4. The molecule has 0 unspecified atom stereocenters. The maximum absolute atomic E-state index is 5.60. The highest BCUT2D eigenvalue weighted by Gasteiger charge is 2.00. The van der Waals surface area contributed by atoms with Crippen LogP contribution in [0.3, 0.4) is 0 Å². The summed E-state index contributed by atoms with van der Waals surface area (Å²) in [5.41, 5.74) is 0.725. The fourth-order valence-corrected chi connectivity index (χ4v) is 1.08. The van der Waals surface area contributed by atoms with Crippen LogP contribution in [0.2, 0.25) is 0 Å². The van der Waals surface area contributed by atoms with Crippen LogP contribution in [0.5, 0.6) is 0 Å². The molecule has 2 heterocycles. The van der Waals surface area contributed by atoms with Gasteiger partial charge >= 0.3 is 0 Å². The summed E-state index contributed by atoms with van der Waals surface area (Å²) in [5.74, 6) is 1.11. The molecule has 0 aliphatic carbocycles. The molecule has 2 rings (SSSR count). The minimum atomic E-state index is 0.366.